The van der Waals surface area contributed by atoms with Crippen LogP contribution in [0.3, 0.4) is 0 Å². The number of aryl methyl sites for hydroxylation is 1. The van der Waals surface area contributed by atoms with E-state index in [2.05, 4.69) is 15.3 Å². The average molecular weight is 245 g/mol. The highest BCUT2D eigenvalue weighted by molar-refractivity contribution is 5.16. The van der Waals surface area contributed by atoms with Gasteiger partial charge in [-0.05, 0) is 43.2 Å². The molecule has 0 spiro atoms. The maximum atomic E-state index is 13.0. The van der Waals surface area contributed by atoms with E-state index < -0.39 is 5.95 Å². The van der Waals surface area contributed by atoms with Crippen molar-refractivity contribution >= 4 is 0 Å². The molecule has 0 radical (unpaired) electrons. The molecule has 2 rings (SSSR count). The first kappa shape index (κ1) is 12.6. The minimum Gasteiger partial charge on any atom is -0.305 e. The molecule has 2 aromatic rings. The lowest BCUT2D eigenvalue weighted by molar-refractivity contribution is 0.547. The lowest BCUT2D eigenvalue weighted by Crippen LogP contribution is -2.19. The molecule has 0 amide bonds. The summed E-state index contributed by atoms with van der Waals surface area (Å²) in [5.41, 5.74) is 3.00. The minimum absolute atomic E-state index is 0.0607. The van der Waals surface area contributed by atoms with Crippen LogP contribution in [0.1, 0.15) is 29.8 Å². The third-order valence-corrected chi connectivity index (χ3v) is 2.81. The lowest BCUT2D eigenvalue weighted by Gasteiger charge is -2.13. The number of halogens is 1. The van der Waals surface area contributed by atoms with Crippen molar-refractivity contribution in [2.24, 2.45) is 0 Å². The fourth-order valence-corrected chi connectivity index (χ4v) is 1.67. The van der Waals surface area contributed by atoms with Crippen LogP contribution in [0, 0.1) is 12.9 Å². The van der Waals surface area contributed by atoms with Crippen molar-refractivity contribution in [2.75, 3.05) is 0 Å². The van der Waals surface area contributed by atoms with Crippen LogP contribution >= 0.6 is 0 Å². The van der Waals surface area contributed by atoms with Gasteiger partial charge in [-0.15, -0.1) is 0 Å². The number of hydrogen-bond donors (Lipinski definition) is 1. The molecule has 3 nitrogen and oxygen atoms in total. The van der Waals surface area contributed by atoms with Crippen LogP contribution in [-0.4, -0.2) is 9.97 Å². The summed E-state index contributed by atoms with van der Waals surface area (Å²) in [6.07, 6.45) is 3.32. The number of rotatable bonds is 4. The molecule has 1 atom stereocenters. The summed E-state index contributed by atoms with van der Waals surface area (Å²) in [5.74, 6) is -0.449. The second-order valence-corrected chi connectivity index (χ2v) is 4.34. The number of aromatic nitrogens is 2. The first-order chi connectivity index (χ1) is 8.65. The Morgan fingerprint density at radius 3 is 2.78 bits per heavy atom. The van der Waals surface area contributed by atoms with Gasteiger partial charge >= 0.3 is 0 Å². The van der Waals surface area contributed by atoms with Gasteiger partial charge < -0.3 is 5.32 Å². The lowest BCUT2D eigenvalue weighted by atomic mass is 10.1. The Bertz CT molecular complexity index is 511. The molecule has 0 saturated carbocycles. The highest BCUT2D eigenvalue weighted by Crippen LogP contribution is 2.12. The topological polar surface area (TPSA) is 37.8 Å². The van der Waals surface area contributed by atoms with E-state index in [1.165, 1.54) is 12.3 Å². The maximum absolute atomic E-state index is 13.0. The maximum Gasteiger partial charge on any atom is 0.213 e. The van der Waals surface area contributed by atoms with Gasteiger partial charge in [-0.25, -0.2) is 4.98 Å². The predicted molar refractivity (Wildman–Crippen MR) is 68.4 cm³/mol. The van der Waals surface area contributed by atoms with Crippen molar-refractivity contribution in [1.82, 2.24) is 15.3 Å². The number of nitrogens with zero attached hydrogens (tertiary/aromatic N) is 2. The summed E-state index contributed by atoms with van der Waals surface area (Å²) >= 11 is 0. The third kappa shape index (κ3) is 3.34. The molecule has 1 unspecified atom stereocenters. The fraction of sp³-hybridized carbons (Fsp3) is 0.286. The highest BCUT2D eigenvalue weighted by atomic mass is 19.1. The molecule has 2 heterocycles. The van der Waals surface area contributed by atoms with E-state index in [1.807, 2.05) is 38.2 Å². The van der Waals surface area contributed by atoms with E-state index in [0.717, 1.165) is 16.8 Å². The van der Waals surface area contributed by atoms with Gasteiger partial charge in [0.05, 0.1) is 5.69 Å². The molecular weight excluding hydrogens is 229 g/mol. The molecule has 2 aromatic heterocycles. The van der Waals surface area contributed by atoms with Gasteiger partial charge in [-0.1, -0.05) is 6.07 Å². The summed E-state index contributed by atoms with van der Waals surface area (Å²) in [7, 11) is 0. The van der Waals surface area contributed by atoms with E-state index in [1.54, 1.807) is 0 Å². The molecule has 94 valence electrons. The first-order valence-corrected chi connectivity index (χ1v) is 5.91. The fourth-order valence-electron chi connectivity index (χ4n) is 1.67. The minimum atomic E-state index is -0.449. The molecule has 0 aromatic carbocycles. The standard InChI is InChI=1S/C14H16FN3/c1-10-3-4-13(18-8-10)9-17-11(2)12-5-6-16-14(15)7-12/h3-8,11,17H,9H2,1-2H3. The zero-order valence-corrected chi connectivity index (χ0v) is 10.5. The summed E-state index contributed by atoms with van der Waals surface area (Å²) < 4.78 is 13.0. The normalized spacial score (nSPS) is 12.4. The zero-order chi connectivity index (χ0) is 13.0. The van der Waals surface area contributed by atoms with E-state index in [9.17, 15) is 4.39 Å². The zero-order valence-electron chi connectivity index (χ0n) is 10.5. The quantitative estimate of drug-likeness (QED) is 0.842. The Hall–Kier alpha value is -1.81. The SMILES string of the molecule is Cc1ccc(CNC(C)c2ccnc(F)c2)nc1. The predicted octanol–water partition coefficient (Wildman–Crippen LogP) is 2.77. The van der Waals surface area contributed by atoms with Gasteiger partial charge in [-0.2, -0.15) is 4.39 Å². The van der Waals surface area contributed by atoms with Gasteiger partial charge in [0.25, 0.3) is 0 Å². The van der Waals surface area contributed by atoms with E-state index in [0.29, 0.717) is 6.54 Å². The van der Waals surface area contributed by atoms with Crippen LogP contribution < -0.4 is 5.32 Å². The molecular formula is C14H16FN3. The van der Waals surface area contributed by atoms with Crippen LogP contribution in [0.15, 0.2) is 36.7 Å². The second kappa shape index (κ2) is 5.69. The molecule has 0 aliphatic carbocycles. The van der Waals surface area contributed by atoms with Gasteiger partial charge in [0, 0.05) is 25.0 Å². The number of nitrogens with one attached hydrogen (secondary N) is 1. The van der Waals surface area contributed by atoms with Crippen LogP contribution in [0.25, 0.3) is 0 Å². The Morgan fingerprint density at radius 2 is 2.11 bits per heavy atom. The Labute approximate surface area is 106 Å². The van der Waals surface area contributed by atoms with E-state index >= 15 is 0 Å². The summed E-state index contributed by atoms with van der Waals surface area (Å²) in [6.45, 7) is 4.65. The van der Waals surface area contributed by atoms with Crippen molar-refractivity contribution in [2.45, 2.75) is 26.4 Å². The molecule has 0 aliphatic rings. The van der Waals surface area contributed by atoms with Gasteiger partial charge in [0.2, 0.25) is 5.95 Å². The molecule has 0 bridgehead atoms. The smallest absolute Gasteiger partial charge is 0.213 e. The van der Waals surface area contributed by atoms with Crippen LogP contribution in [0.2, 0.25) is 0 Å². The Balaban J connectivity index is 1.96. The van der Waals surface area contributed by atoms with Crippen molar-refractivity contribution in [3.63, 3.8) is 0 Å². The molecule has 0 fully saturated rings. The third-order valence-electron chi connectivity index (χ3n) is 2.81. The number of pyridine rings is 2. The van der Waals surface area contributed by atoms with E-state index in [4.69, 9.17) is 0 Å². The Morgan fingerprint density at radius 1 is 1.28 bits per heavy atom. The second-order valence-electron chi connectivity index (χ2n) is 4.34. The molecule has 18 heavy (non-hydrogen) atoms. The Kier molecular flexibility index (Phi) is 3.99. The molecule has 0 saturated heterocycles. The average Bonchev–Trinajstić information content (AvgIpc) is 2.38. The van der Waals surface area contributed by atoms with Gasteiger partial charge in [0.15, 0.2) is 0 Å². The summed E-state index contributed by atoms with van der Waals surface area (Å²) in [5, 5.41) is 3.30. The largest absolute Gasteiger partial charge is 0.305 e. The van der Waals surface area contributed by atoms with Crippen molar-refractivity contribution < 1.29 is 4.39 Å². The molecule has 4 heteroatoms. The van der Waals surface area contributed by atoms with Crippen molar-refractivity contribution in [1.29, 1.82) is 0 Å². The van der Waals surface area contributed by atoms with Gasteiger partial charge in [0.1, 0.15) is 0 Å². The summed E-state index contributed by atoms with van der Waals surface area (Å²) in [4.78, 5) is 7.86. The first-order valence-electron chi connectivity index (χ1n) is 5.91. The van der Waals surface area contributed by atoms with Crippen LogP contribution in [-0.2, 0) is 6.54 Å². The van der Waals surface area contributed by atoms with Crippen LogP contribution in [0.5, 0.6) is 0 Å². The van der Waals surface area contributed by atoms with E-state index in [-0.39, 0.29) is 6.04 Å². The van der Waals surface area contributed by atoms with Gasteiger partial charge in [-0.3, -0.25) is 4.98 Å². The summed E-state index contributed by atoms with van der Waals surface area (Å²) in [6, 6.07) is 7.33. The van der Waals surface area contributed by atoms with Crippen LogP contribution in [0.4, 0.5) is 4.39 Å². The van der Waals surface area contributed by atoms with Crippen molar-refractivity contribution in [3.05, 3.63) is 59.4 Å². The molecule has 0 aliphatic heterocycles. The highest BCUT2D eigenvalue weighted by Gasteiger charge is 2.06. The monoisotopic (exact) mass is 245 g/mol. The number of hydrogen-bond acceptors (Lipinski definition) is 3. The van der Waals surface area contributed by atoms with Crippen molar-refractivity contribution in [3.8, 4) is 0 Å². The molecule has 1 N–H and O–H groups in total.